The molecule has 2 aliphatic rings. The molecule has 1 spiro atoms. The van der Waals surface area contributed by atoms with Crippen LogP contribution in [-0.4, -0.2) is 44.1 Å². The Kier molecular flexibility index (Phi) is 12.1. The van der Waals surface area contributed by atoms with Gasteiger partial charge in [0.25, 0.3) is 0 Å². The molecule has 8 heteroatoms. The van der Waals surface area contributed by atoms with Gasteiger partial charge in [-0.1, -0.05) is 106 Å². The number of hydrogen-bond acceptors (Lipinski definition) is 8. The number of carbonyl (C=O) groups excluding carboxylic acids is 2. The van der Waals surface area contributed by atoms with Crippen LogP contribution in [-0.2, 0) is 14.9 Å². The molecule has 0 aromatic heterocycles. The second-order valence-corrected chi connectivity index (χ2v) is 15.4. The highest BCUT2D eigenvalue weighted by Gasteiger charge is 2.58. The van der Waals surface area contributed by atoms with E-state index in [9.17, 15) is 9.59 Å². The van der Waals surface area contributed by atoms with E-state index in [2.05, 4.69) is 43.5 Å². The van der Waals surface area contributed by atoms with E-state index < -0.39 is 17.1 Å². The van der Waals surface area contributed by atoms with Crippen LogP contribution in [0.5, 0.6) is 17.2 Å². The van der Waals surface area contributed by atoms with Crippen molar-refractivity contribution in [2.75, 3.05) is 25.2 Å². The van der Waals surface area contributed by atoms with Crippen LogP contribution in [0.1, 0.15) is 87.6 Å². The number of anilines is 1. The molecule has 1 unspecified atom stereocenters. The maximum absolute atomic E-state index is 13.3. The number of likely N-dealkylation sites (N-methyl/N-ethyl adjacent to an activating group) is 1. The van der Waals surface area contributed by atoms with Crippen LogP contribution in [0.2, 0.25) is 0 Å². The van der Waals surface area contributed by atoms with Crippen LogP contribution >= 0.6 is 0 Å². The third-order valence-corrected chi connectivity index (χ3v) is 11.4. The first-order valence-electron chi connectivity index (χ1n) is 20.2. The van der Waals surface area contributed by atoms with E-state index in [1.807, 2.05) is 86.1 Å². The number of aliphatic imine (C=N–C) groups is 1. The molecule has 5 aromatic rings. The van der Waals surface area contributed by atoms with Gasteiger partial charge in [0.1, 0.15) is 22.9 Å². The Bertz CT molecular complexity index is 2240. The highest BCUT2D eigenvalue weighted by atomic mass is 16.5. The molecule has 1 atom stereocenters. The summed E-state index contributed by atoms with van der Waals surface area (Å²) in [6.45, 7) is 8.87. The maximum Gasteiger partial charge on any atom is 0.343 e. The molecule has 7 rings (SSSR count). The molecule has 0 N–H and O–H groups in total. The lowest BCUT2D eigenvalue weighted by Crippen LogP contribution is -2.61. The average Bonchev–Trinajstić information content (AvgIpc) is 3.39. The molecule has 0 aliphatic carbocycles. The molecule has 0 radical (unpaired) electrons. The summed E-state index contributed by atoms with van der Waals surface area (Å²) in [4.78, 5) is 31.5. The first kappa shape index (κ1) is 39.3. The van der Waals surface area contributed by atoms with Crippen molar-refractivity contribution in [1.82, 2.24) is 0 Å². The van der Waals surface area contributed by atoms with Gasteiger partial charge in [-0.2, -0.15) is 0 Å². The van der Waals surface area contributed by atoms with Gasteiger partial charge < -0.3 is 23.8 Å². The fourth-order valence-electron chi connectivity index (χ4n) is 7.98. The lowest BCUT2D eigenvalue weighted by molar-refractivity contribution is -0.137. The number of esters is 2. The average molecular weight is 765 g/mol. The Labute approximate surface area is 336 Å². The lowest BCUT2D eigenvalue weighted by atomic mass is 9.77. The number of ether oxygens (including phenoxy) is 4. The van der Waals surface area contributed by atoms with Crippen molar-refractivity contribution in [2.24, 2.45) is 4.99 Å². The quantitative estimate of drug-likeness (QED) is 0.0403. The molecule has 57 heavy (non-hydrogen) atoms. The second kappa shape index (κ2) is 17.5. The predicted octanol–water partition coefficient (Wildman–Crippen LogP) is 11.6. The molecular formula is C49H52N2O6. The lowest BCUT2D eigenvalue weighted by Gasteiger charge is -2.44. The first-order valence-corrected chi connectivity index (χ1v) is 20.2. The summed E-state index contributed by atoms with van der Waals surface area (Å²) in [7, 11) is 2.02. The van der Waals surface area contributed by atoms with E-state index in [-0.39, 0.29) is 5.97 Å². The third kappa shape index (κ3) is 8.46. The molecule has 0 fully saturated rings. The van der Waals surface area contributed by atoms with Gasteiger partial charge in [0.15, 0.2) is 0 Å². The highest BCUT2D eigenvalue weighted by Crippen LogP contribution is 2.55. The van der Waals surface area contributed by atoms with Gasteiger partial charge in [-0.3, -0.25) is 4.99 Å². The number of rotatable bonds is 17. The molecule has 5 aromatic carbocycles. The van der Waals surface area contributed by atoms with Gasteiger partial charge in [0, 0.05) is 24.2 Å². The van der Waals surface area contributed by atoms with Crippen LogP contribution in [0.4, 0.5) is 11.4 Å². The Balaban J connectivity index is 0.869. The molecule has 294 valence electrons. The van der Waals surface area contributed by atoms with E-state index in [0.717, 1.165) is 76.0 Å². The summed E-state index contributed by atoms with van der Waals surface area (Å²) in [6, 6.07) is 33.6. The largest absolute Gasteiger partial charge is 0.494 e. The van der Waals surface area contributed by atoms with E-state index in [0.29, 0.717) is 24.5 Å². The second-order valence-electron chi connectivity index (χ2n) is 15.4. The first-order chi connectivity index (χ1) is 27.7. The van der Waals surface area contributed by atoms with E-state index in [1.54, 1.807) is 12.1 Å². The summed E-state index contributed by atoms with van der Waals surface area (Å²) in [5.74, 6) is 1.32. The SMILES string of the molecule is C=CC(=O)OCCCCCCCCCCCOc1ccc(-c2ccc(C(=O)Oc3ccc4c(c3)C(C)(C)C3(C=Nc5c(ccc6ccccc56)O3)N4C)cc2)cc1. The molecule has 0 amide bonds. The smallest absolute Gasteiger partial charge is 0.343 e. The topological polar surface area (TPSA) is 86.7 Å². The van der Waals surface area contributed by atoms with Crippen LogP contribution in [0.15, 0.2) is 121 Å². The summed E-state index contributed by atoms with van der Waals surface area (Å²) < 4.78 is 23.8. The maximum atomic E-state index is 13.3. The van der Waals surface area contributed by atoms with Gasteiger partial charge in [0.05, 0.1) is 30.4 Å². The van der Waals surface area contributed by atoms with Gasteiger partial charge in [0.2, 0.25) is 5.72 Å². The minimum atomic E-state index is -0.858. The molecule has 2 heterocycles. The van der Waals surface area contributed by atoms with Gasteiger partial charge in [-0.25, -0.2) is 9.59 Å². The van der Waals surface area contributed by atoms with Gasteiger partial charge in [-0.15, -0.1) is 0 Å². The minimum absolute atomic E-state index is 0.340. The van der Waals surface area contributed by atoms with Crippen LogP contribution < -0.4 is 19.1 Å². The normalized spacial score (nSPS) is 16.2. The summed E-state index contributed by atoms with van der Waals surface area (Å²) in [5, 5.41) is 2.17. The fourth-order valence-corrected chi connectivity index (χ4v) is 7.98. The number of hydrogen-bond donors (Lipinski definition) is 0. The van der Waals surface area contributed by atoms with Crippen molar-refractivity contribution in [1.29, 1.82) is 0 Å². The number of unbranched alkanes of at least 4 members (excludes halogenated alkanes) is 8. The number of nitrogens with zero attached hydrogens (tertiary/aromatic N) is 2. The molecule has 0 bridgehead atoms. The number of carbonyl (C=O) groups is 2. The van der Waals surface area contributed by atoms with Gasteiger partial charge in [-0.05, 0) is 97.3 Å². The number of benzene rings is 5. The highest BCUT2D eigenvalue weighted by molar-refractivity contribution is 6.00. The summed E-state index contributed by atoms with van der Waals surface area (Å²) in [5.41, 5.74) is 3.98. The molecule has 0 saturated carbocycles. The Morgan fingerprint density at radius 2 is 1.39 bits per heavy atom. The zero-order valence-electron chi connectivity index (χ0n) is 33.3. The zero-order chi connectivity index (χ0) is 39.8. The molecule has 0 saturated heterocycles. The van der Waals surface area contributed by atoms with E-state index in [4.69, 9.17) is 23.9 Å². The van der Waals surface area contributed by atoms with Crippen LogP contribution in [0.3, 0.4) is 0 Å². The van der Waals surface area contributed by atoms with Crippen molar-refractivity contribution in [3.05, 3.63) is 127 Å². The third-order valence-electron chi connectivity index (χ3n) is 11.4. The molecular weight excluding hydrogens is 713 g/mol. The standard InChI is InChI=1S/C49H52N2O6/c1-5-45(52)55-32-16-12-10-8-6-7-9-11-15-31-54-39-26-23-36(24-27-39)35-19-21-38(22-20-35)47(53)56-40-28-29-43-42(33-40)48(2,3)49(51(43)4)34-50-46-41-18-14-13-17-37(41)25-30-44(46)57-49/h5,13-14,17-30,33-34H,1,6-12,15-16,31-32H2,2-4H3. The molecule has 8 nitrogen and oxygen atoms in total. The Hall–Kier alpha value is -5.89. The van der Waals surface area contributed by atoms with Crippen molar-refractivity contribution in [3.63, 3.8) is 0 Å². The van der Waals surface area contributed by atoms with Gasteiger partial charge >= 0.3 is 11.9 Å². The Morgan fingerprint density at radius 1 is 0.754 bits per heavy atom. The fraction of sp³-hybridized carbons (Fsp3) is 0.327. The molecule has 2 aliphatic heterocycles. The zero-order valence-corrected chi connectivity index (χ0v) is 33.3. The summed E-state index contributed by atoms with van der Waals surface area (Å²) >= 11 is 0. The monoisotopic (exact) mass is 764 g/mol. The minimum Gasteiger partial charge on any atom is -0.494 e. The van der Waals surface area contributed by atoms with E-state index in [1.165, 1.54) is 38.2 Å². The predicted molar refractivity (Wildman–Crippen MR) is 228 cm³/mol. The van der Waals surface area contributed by atoms with E-state index >= 15 is 0 Å². The Morgan fingerprint density at radius 3 is 2.09 bits per heavy atom. The van der Waals surface area contributed by atoms with Crippen LogP contribution in [0, 0.1) is 0 Å². The number of fused-ring (bicyclic) bond motifs is 4. The van der Waals surface area contributed by atoms with Crippen molar-refractivity contribution in [3.8, 4) is 28.4 Å². The van der Waals surface area contributed by atoms with Crippen molar-refractivity contribution >= 4 is 40.3 Å². The van der Waals surface area contributed by atoms with Crippen molar-refractivity contribution in [2.45, 2.75) is 82.8 Å². The van der Waals surface area contributed by atoms with Crippen molar-refractivity contribution < 1.29 is 28.5 Å². The summed E-state index contributed by atoms with van der Waals surface area (Å²) in [6.07, 6.45) is 13.4. The van der Waals surface area contributed by atoms with Crippen LogP contribution in [0.25, 0.3) is 21.9 Å².